The summed E-state index contributed by atoms with van der Waals surface area (Å²) >= 11 is 0. The third kappa shape index (κ3) is 3.72. The Morgan fingerprint density at radius 3 is 2.08 bits per heavy atom. The summed E-state index contributed by atoms with van der Waals surface area (Å²) in [5.41, 5.74) is 3.36. The second-order valence-electron chi connectivity index (χ2n) is 6.66. The summed E-state index contributed by atoms with van der Waals surface area (Å²) in [7, 11) is 1.57. The van der Waals surface area contributed by atoms with Crippen LogP contribution < -0.4 is 4.74 Å². The first-order chi connectivity index (χ1) is 12.5. The van der Waals surface area contributed by atoms with E-state index < -0.39 is 0 Å². The highest BCUT2D eigenvalue weighted by Crippen LogP contribution is 2.22. The number of aryl methyl sites for hydroxylation is 2. The van der Waals surface area contributed by atoms with E-state index in [4.69, 9.17) is 4.74 Å². The molecule has 1 saturated heterocycles. The summed E-state index contributed by atoms with van der Waals surface area (Å²) < 4.78 is 5.33. The summed E-state index contributed by atoms with van der Waals surface area (Å²) in [5.74, 6) is 0.556. The minimum absolute atomic E-state index is 0.0222. The van der Waals surface area contributed by atoms with Crippen LogP contribution in [0.15, 0.2) is 42.5 Å². The lowest BCUT2D eigenvalue weighted by Crippen LogP contribution is -2.50. The van der Waals surface area contributed by atoms with Gasteiger partial charge in [-0.15, -0.1) is 0 Å². The summed E-state index contributed by atoms with van der Waals surface area (Å²) in [5, 5.41) is 0. The Labute approximate surface area is 154 Å². The van der Waals surface area contributed by atoms with Crippen molar-refractivity contribution in [3.63, 3.8) is 0 Å². The molecule has 0 bridgehead atoms. The van der Waals surface area contributed by atoms with Crippen molar-refractivity contribution in [3.8, 4) is 5.75 Å². The number of hydrogen-bond acceptors (Lipinski definition) is 3. The SMILES string of the molecule is COc1ccc(C)cc1C(=O)N1CCN(C(=O)c2cccc(C)c2)CC1. The summed E-state index contributed by atoms with van der Waals surface area (Å²) in [4.78, 5) is 29.1. The van der Waals surface area contributed by atoms with Crippen LogP contribution in [-0.4, -0.2) is 54.9 Å². The largest absolute Gasteiger partial charge is 0.496 e. The lowest BCUT2D eigenvalue weighted by Gasteiger charge is -2.35. The van der Waals surface area contributed by atoms with Crippen molar-refractivity contribution in [2.24, 2.45) is 0 Å². The molecule has 0 radical (unpaired) electrons. The van der Waals surface area contributed by atoms with Gasteiger partial charge in [0.25, 0.3) is 11.8 Å². The molecule has 0 aromatic heterocycles. The van der Waals surface area contributed by atoms with E-state index >= 15 is 0 Å². The number of benzene rings is 2. The number of methoxy groups -OCH3 is 1. The molecule has 1 aliphatic rings. The van der Waals surface area contributed by atoms with Crippen LogP contribution in [0, 0.1) is 13.8 Å². The van der Waals surface area contributed by atoms with Crippen LogP contribution in [0.25, 0.3) is 0 Å². The van der Waals surface area contributed by atoms with Crippen molar-refractivity contribution in [1.82, 2.24) is 9.80 Å². The van der Waals surface area contributed by atoms with Crippen molar-refractivity contribution in [2.75, 3.05) is 33.3 Å². The van der Waals surface area contributed by atoms with Gasteiger partial charge < -0.3 is 14.5 Å². The number of ether oxygens (including phenoxy) is 1. The predicted molar refractivity (Wildman–Crippen MR) is 101 cm³/mol. The highest BCUT2D eigenvalue weighted by Gasteiger charge is 2.27. The standard InChI is InChI=1S/C21H24N2O3/c1-15-5-4-6-17(13-15)20(24)22-9-11-23(12-10-22)21(25)18-14-16(2)7-8-19(18)26-3/h4-8,13-14H,9-12H2,1-3H3. The molecular formula is C21H24N2O3. The first kappa shape index (κ1) is 18.0. The first-order valence-corrected chi connectivity index (χ1v) is 8.79. The normalized spacial score (nSPS) is 14.3. The van der Waals surface area contributed by atoms with Gasteiger partial charge in [0.15, 0.2) is 0 Å². The van der Waals surface area contributed by atoms with Crippen molar-refractivity contribution in [1.29, 1.82) is 0 Å². The van der Waals surface area contributed by atoms with Crippen molar-refractivity contribution < 1.29 is 14.3 Å². The molecule has 5 heteroatoms. The topological polar surface area (TPSA) is 49.9 Å². The fourth-order valence-corrected chi connectivity index (χ4v) is 3.23. The van der Waals surface area contributed by atoms with Gasteiger partial charge in [-0.2, -0.15) is 0 Å². The summed E-state index contributed by atoms with van der Waals surface area (Å²) in [6.45, 7) is 6.04. The molecule has 1 fully saturated rings. The third-order valence-corrected chi connectivity index (χ3v) is 4.70. The zero-order valence-electron chi connectivity index (χ0n) is 15.5. The molecule has 0 spiro atoms. The number of hydrogen-bond donors (Lipinski definition) is 0. The van der Waals surface area contributed by atoms with E-state index in [9.17, 15) is 9.59 Å². The molecule has 2 aromatic carbocycles. The number of rotatable bonds is 3. The highest BCUT2D eigenvalue weighted by atomic mass is 16.5. The van der Waals surface area contributed by atoms with E-state index in [-0.39, 0.29) is 11.8 Å². The molecule has 0 aliphatic carbocycles. The van der Waals surface area contributed by atoms with Crippen LogP contribution in [0.2, 0.25) is 0 Å². The van der Waals surface area contributed by atoms with E-state index in [1.165, 1.54) is 0 Å². The quantitative estimate of drug-likeness (QED) is 0.853. The van der Waals surface area contributed by atoms with Crippen molar-refractivity contribution >= 4 is 11.8 Å². The number of piperazine rings is 1. The van der Waals surface area contributed by atoms with Crippen molar-refractivity contribution in [2.45, 2.75) is 13.8 Å². The van der Waals surface area contributed by atoms with Gasteiger partial charge in [-0.25, -0.2) is 0 Å². The molecule has 0 unspecified atom stereocenters. The van der Waals surface area contributed by atoms with Gasteiger partial charge in [0.1, 0.15) is 5.75 Å². The van der Waals surface area contributed by atoms with E-state index in [2.05, 4.69) is 0 Å². The van der Waals surface area contributed by atoms with Crippen LogP contribution in [-0.2, 0) is 0 Å². The zero-order valence-corrected chi connectivity index (χ0v) is 15.5. The lowest BCUT2D eigenvalue weighted by atomic mass is 10.1. The summed E-state index contributed by atoms with van der Waals surface area (Å²) in [6, 6.07) is 13.2. The molecule has 136 valence electrons. The van der Waals surface area contributed by atoms with Crippen LogP contribution >= 0.6 is 0 Å². The van der Waals surface area contributed by atoms with Gasteiger partial charge >= 0.3 is 0 Å². The fourth-order valence-electron chi connectivity index (χ4n) is 3.23. The Bertz CT molecular complexity index is 824. The average Bonchev–Trinajstić information content (AvgIpc) is 2.67. The van der Waals surface area contributed by atoms with Crippen molar-refractivity contribution in [3.05, 3.63) is 64.7 Å². The van der Waals surface area contributed by atoms with Crippen LogP contribution in [0.3, 0.4) is 0 Å². The molecule has 0 N–H and O–H groups in total. The Balaban J connectivity index is 1.68. The first-order valence-electron chi connectivity index (χ1n) is 8.79. The van der Waals surface area contributed by atoms with Gasteiger partial charge in [-0.1, -0.05) is 29.3 Å². The van der Waals surface area contributed by atoms with Gasteiger partial charge in [-0.05, 0) is 38.1 Å². The Morgan fingerprint density at radius 1 is 0.846 bits per heavy atom. The molecule has 26 heavy (non-hydrogen) atoms. The maximum Gasteiger partial charge on any atom is 0.257 e. The minimum Gasteiger partial charge on any atom is -0.496 e. The van der Waals surface area contributed by atoms with Crippen LogP contribution in [0.5, 0.6) is 5.75 Å². The fraction of sp³-hybridized carbons (Fsp3) is 0.333. The molecule has 0 saturated carbocycles. The summed E-state index contributed by atoms with van der Waals surface area (Å²) in [6.07, 6.45) is 0. The molecule has 1 aliphatic heterocycles. The predicted octanol–water partition coefficient (Wildman–Crippen LogP) is 2.91. The third-order valence-electron chi connectivity index (χ3n) is 4.70. The van der Waals surface area contributed by atoms with Gasteiger partial charge in [0.2, 0.25) is 0 Å². The molecule has 2 aromatic rings. The second-order valence-corrected chi connectivity index (χ2v) is 6.66. The second kappa shape index (κ2) is 7.60. The minimum atomic E-state index is -0.0480. The number of amides is 2. The average molecular weight is 352 g/mol. The van der Waals surface area contributed by atoms with Gasteiger partial charge in [0, 0.05) is 31.7 Å². The maximum atomic E-state index is 12.9. The molecule has 0 atom stereocenters. The smallest absolute Gasteiger partial charge is 0.257 e. The molecule has 5 nitrogen and oxygen atoms in total. The van der Waals surface area contributed by atoms with Crippen LogP contribution in [0.1, 0.15) is 31.8 Å². The van der Waals surface area contributed by atoms with E-state index in [0.29, 0.717) is 43.1 Å². The zero-order chi connectivity index (χ0) is 18.7. The lowest BCUT2D eigenvalue weighted by molar-refractivity contribution is 0.0533. The van der Waals surface area contributed by atoms with E-state index in [0.717, 1.165) is 11.1 Å². The molecule has 2 amide bonds. The van der Waals surface area contributed by atoms with Crippen LogP contribution in [0.4, 0.5) is 0 Å². The molecule has 1 heterocycles. The number of nitrogens with zero attached hydrogens (tertiary/aromatic N) is 2. The molecule has 3 rings (SSSR count). The Morgan fingerprint density at radius 2 is 1.46 bits per heavy atom. The number of carbonyl (C=O) groups is 2. The maximum absolute atomic E-state index is 12.9. The monoisotopic (exact) mass is 352 g/mol. The Kier molecular flexibility index (Phi) is 5.26. The number of carbonyl (C=O) groups excluding carboxylic acids is 2. The van der Waals surface area contributed by atoms with E-state index in [1.54, 1.807) is 12.0 Å². The Hall–Kier alpha value is -2.82. The molecular weight excluding hydrogens is 328 g/mol. The van der Waals surface area contributed by atoms with E-state index in [1.807, 2.05) is 61.2 Å². The van der Waals surface area contributed by atoms with Gasteiger partial charge in [0.05, 0.1) is 12.7 Å². The highest BCUT2D eigenvalue weighted by molar-refractivity contribution is 5.98. The van der Waals surface area contributed by atoms with Gasteiger partial charge in [-0.3, -0.25) is 9.59 Å².